The second kappa shape index (κ2) is 18.5. The van der Waals surface area contributed by atoms with E-state index >= 15 is 0 Å². The van der Waals surface area contributed by atoms with Crippen molar-refractivity contribution in [3.8, 4) is 11.3 Å². The van der Waals surface area contributed by atoms with Crippen LogP contribution >= 0.6 is 0 Å². The molecule has 1 amide bonds. The molecule has 1 unspecified atom stereocenters. The number of hydrogen-bond acceptors (Lipinski definition) is 12. The first-order valence-electron chi connectivity index (χ1n) is 15.3. The van der Waals surface area contributed by atoms with E-state index in [0.29, 0.717) is 18.6 Å². The summed E-state index contributed by atoms with van der Waals surface area (Å²) >= 11 is 0. The van der Waals surface area contributed by atoms with Gasteiger partial charge in [0, 0.05) is 22.3 Å². The molecule has 4 rings (SSSR count). The van der Waals surface area contributed by atoms with Crippen LogP contribution in [0.25, 0.3) is 22.0 Å². The molecule has 1 aromatic heterocycles. The van der Waals surface area contributed by atoms with Crippen LogP contribution in [0.1, 0.15) is 5.56 Å². The van der Waals surface area contributed by atoms with E-state index in [1.165, 1.54) is 47.4 Å². The summed E-state index contributed by atoms with van der Waals surface area (Å²) in [6, 6.07) is 10.8. The molecule has 1 aliphatic heterocycles. The number of aromatic nitrogens is 1. The van der Waals surface area contributed by atoms with Crippen molar-refractivity contribution in [2.24, 2.45) is 0 Å². The highest BCUT2D eigenvalue weighted by Crippen LogP contribution is 2.36. The molecule has 0 spiro atoms. The van der Waals surface area contributed by atoms with Gasteiger partial charge in [0.1, 0.15) is 6.61 Å². The van der Waals surface area contributed by atoms with Crippen LogP contribution in [0, 0.1) is 0 Å². The van der Waals surface area contributed by atoms with Crippen molar-refractivity contribution in [3.05, 3.63) is 64.4 Å². The van der Waals surface area contributed by atoms with Gasteiger partial charge >= 0.3 is 18.4 Å². The molecule has 14 nitrogen and oxygen atoms in total. The molecule has 0 saturated carbocycles. The van der Waals surface area contributed by atoms with Crippen LogP contribution in [0.5, 0.6) is 0 Å². The van der Waals surface area contributed by atoms with E-state index in [-0.39, 0.29) is 88.3 Å². The van der Waals surface area contributed by atoms with Crippen LogP contribution in [-0.2, 0) is 39.3 Å². The third-order valence-electron chi connectivity index (χ3n) is 7.01. The number of halogens is 3. The smallest absolute Gasteiger partial charge is 0.440 e. The predicted molar refractivity (Wildman–Crippen MR) is 166 cm³/mol. The third kappa shape index (κ3) is 11.1. The molecule has 2 aromatic carbocycles. The van der Waals surface area contributed by atoms with Crippen LogP contribution in [0.4, 0.5) is 28.4 Å². The molecule has 3 N–H and O–H groups in total. The van der Waals surface area contributed by atoms with Gasteiger partial charge in [0.2, 0.25) is 0 Å². The van der Waals surface area contributed by atoms with Crippen LogP contribution < -0.4 is 10.5 Å². The number of amides is 1. The molecule has 2 heterocycles. The topological polar surface area (TPSA) is 175 Å². The number of anilines is 1. The Balaban J connectivity index is 1.30. The zero-order valence-corrected chi connectivity index (χ0v) is 26.3. The van der Waals surface area contributed by atoms with Crippen LogP contribution in [0.2, 0.25) is 0 Å². The molecule has 1 aliphatic rings. The fourth-order valence-corrected chi connectivity index (χ4v) is 4.79. The van der Waals surface area contributed by atoms with Gasteiger partial charge in [-0.3, -0.25) is 9.69 Å². The number of H-pyrrole nitrogens is 1. The minimum atomic E-state index is -4.63. The number of nitrogens with zero attached hydrogens (tertiary/aromatic N) is 1. The van der Waals surface area contributed by atoms with Gasteiger partial charge in [0.05, 0.1) is 78.2 Å². The number of benzene rings is 2. The number of nitrogens with one attached hydrogen (secondary N) is 1. The Morgan fingerprint density at radius 3 is 2.29 bits per heavy atom. The zero-order chi connectivity index (χ0) is 35.2. The summed E-state index contributed by atoms with van der Waals surface area (Å²) in [5.74, 6) is 0. The lowest BCUT2D eigenvalue weighted by atomic mass is 10.0. The third-order valence-corrected chi connectivity index (χ3v) is 7.01. The van der Waals surface area contributed by atoms with Crippen molar-refractivity contribution in [1.82, 2.24) is 4.98 Å². The summed E-state index contributed by atoms with van der Waals surface area (Å²) in [5, 5.41) is 18.1. The van der Waals surface area contributed by atoms with Crippen LogP contribution in [0.3, 0.4) is 0 Å². The number of hydrogen-bond donors (Lipinski definition) is 3. The fraction of sp³-hybridized carbons (Fsp3) is 0.469. The van der Waals surface area contributed by atoms with Gasteiger partial charge in [-0.15, -0.1) is 0 Å². The summed E-state index contributed by atoms with van der Waals surface area (Å²) in [5.41, 5.74) is -1.45. The molecule has 3 aromatic rings. The summed E-state index contributed by atoms with van der Waals surface area (Å²) < 4.78 is 77.5. The highest BCUT2D eigenvalue weighted by atomic mass is 19.4. The van der Waals surface area contributed by atoms with Crippen molar-refractivity contribution >= 4 is 28.7 Å². The summed E-state index contributed by atoms with van der Waals surface area (Å²) in [6.45, 7) is 0.409. The van der Waals surface area contributed by atoms with Gasteiger partial charge < -0.3 is 48.4 Å². The standard InChI is InChI=1S/C32H37F3N2O12/c33-32(34,35)27-4-2-1-3-25(27)28-15-21-5-6-22(16-26(21)29(40)36-28)37-17-23(48-30(37)41)20-47-31(42)49-24(18-45-10-8-39)19-46-14-13-44-12-11-43-9-7-38/h1-6,15-16,23-24,38-39H,7-14,17-20H2,(H,36,40)/t23-,24?/m0/s1. The van der Waals surface area contributed by atoms with Crippen LogP contribution in [0.15, 0.2) is 53.3 Å². The number of ether oxygens (including phenoxy) is 7. The summed E-state index contributed by atoms with van der Waals surface area (Å²) in [7, 11) is 0. The molecule has 1 fully saturated rings. The second-order valence-electron chi connectivity index (χ2n) is 10.6. The number of rotatable bonds is 19. The number of cyclic esters (lactones) is 1. The normalized spacial score (nSPS) is 15.4. The Morgan fingerprint density at radius 2 is 1.57 bits per heavy atom. The van der Waals surface area contributed by atoms with E-state index in [9.17, 15) is 27.6 Å². The van der Waals surface area contributed by atoms with Gasteiger partial charge in [0.15, 0.2) is 12.2 Å². The average molecular weight is 699 g/mol. The summed E-state index contributed by atoms with van der Waals surface area (Å²) in [6.07, 6.45) is -8.23. The number of pyridine rings is 1. The first-order chi connectivity index (χ1) is 23.6. The number of aliphatic hydroxyl groups is 2. The monoisotopic (exact) mass is 698 g/mol. The van der Waals surface area contributed by atoms with Gasteiger partial charge in [-0.25, -0.2) is 9.59 Å². The molecule has 2 atom stereocenters. The maximum atomic E-state index is 13.6. The Labute approximate surface area is 278 Å². The van der Waals surface area contributed by atoms with Gasteiger partial charge in [0.25, 0.3) is 5.56 Å². The molecule has 1 saturated heterocycles. The van der Waals surface area contributed by atoms with E-state index in [2.05, 4.69) is 4.98 Å². The summed E-state index contributed by atoms with van der Waals surface area (Å²) in [4.78, 5) is 41.8. The van der Waals surface area contributed by atoms with Crippen molar-refractivity contribution < 1.29 is 66.1 Å². The molecular weight excluding hydrogens is 661 g/mol. The minimum Gasteiger partial charge on any atom is -0.440 e. The fourth-order valence-electron chi connectivity index (χ4n) is 4.79. The maximum absolute atomic E-state index is 13.6. The zero-order valence-electron chi connectivity index (χ0n) is 26.3. The highest BCUT2D eigenvalue weighted by molar-refractivity contribution is 5.94. The predicted octanol–water partition coefficient (Wildman–Crippen LogP) is 3.11. The van der Waals surface area contributed by atoms with E-state index in [4.69, 9.17) is 43.4 Å². The minimum absolute atomic E-state index is 0.00748. The molecule has 49 heavy (non-hydrogen) atoms. The van der Waals surface area contributed by atoms with Crippen molar-refractivity contribution in [1.29, 1.82) is 0 Å². The lowest BCUT2D eigenvalue weighted by Gasteiger charge is -2.18. The number of carbonyl (C=O) groups excluding carboxylic acids is 2. The Bertz CT molecular complexity index is 1580. The van der Waals surface area contributed by atoms with Crippen molar-refractivity contribution in [3.63, 3.8) is 0 Å². The lowest BCUT2D eigenvalue weighted by Crippen LogP contribution is -2.32. The first-order valence-corrected chi connectivity index (χ1v) is 15.3. The van der Waals surface area contributed by atoms with E-state index in [0.717, 1.165) is 6.07 Å². The number of alkyl halides is 3. The van der Waals surface area contributed by atoms with Crippen LogP contribution in [-0.4, -0.2) is 119 Å². The molecule has 0 aliphatic carbocycles. The molecule has 268 valence electrons. The highest BCUT2D eigenvalue weighted by Gasteiger charge is 2.35. The molecule has 0 radical (unpaired) electrons. The van der Waals surface area contributed by atoms with Crippen molar-refractivity contribution in [2.75, 3.05) is 84.1 Å². The van der Waals surface area contributed by atoms with Gasteiger partial charge in [-0.05, 0) is 29.7 Å². The van der Waals surface area contributed by atoms with Crippen molar-refractivity contribution in [2.45, 2.75) is 18.4 Å². The first kappa shape index (κ1) is 37.6. The lowest BCUT2D eigenvalue weighted by molar-refractivity contribution is -0.137. The SMILES string of the molecule is O=C(OC[C@@H]1CN(c2ccc3cc(-c4ccccc4C(F)(F)F)[nH]c(=O)c3c2)C(=O)O1)OC(COCCO)COCCOCCOCCO. The Morgan fingerprint density at radius 1 is 0.918 bits per heavy atom. The van der Waals surface area contributed by atoms with Gasteiger partial charge in [-0.2, -0.15) is 13.2 Å². The quantitative estimate of drug-likeness (QED) is 0.123. The van der Waals surface area contributed by atoms with E-state index in [1.807, 2.05) is 0 Å². The Kier molecular flexibility index (Phi) is 14.2. The average Bonchev–Trinajstić information content (AvgIpc) is 3.46. The number of fused-ring (bicyclic) bond motifs is 1. The number of aromatic amines is 1. The van der Waals surface area contributed by atoms with Gasteiger partial charge in [-0.1, -0.05) is 24.3 Å². The molecular formula is C32H37F3N2O12. The molecule has 0 bridgehead atoms. The largest absolute Gasteiger partial charge is 0.508 e. The van der Waals surface area contributed by atoms with E-state index < -0.39 is 41.8 Å². The molecule has 17 heteroatoms. The number of aliphatic hydroxyl groups excluding tert-OH is 2. The maximum Gasteiger partial charge on any atom is 0.508 e. The number of carbonyl (C=O) groups is 2. The van der Waals surface area contributed by atoms with E-state index in [1.54, 1.807) is 0 Å². The second-order valence-corrected chi connectivity index (χ2v) is 10.6. The Hall–Kier alpha value is -4.26.